The van der Waals surface area contributed by atoms with E-state index in [1.165, 1.54) is 24.5 Å². The normalized spacial score (nSPS) is 10.5. The van der Waals surface area contributed by atoms with Crippen LogP contribution in [0.25, 0.3) is 0 Å². The van der Waals surface area contributed by atoms with E-state index in [1.807, 2.05) is 103 Å². The quantitative estimate of drug-likeness (QED) is 0.0725. The predicted octanol–water partition coefficient (Wildman–Crippen LogP) is 4.44. The van der Waals surface area contributed by atoms with Crippen molar-refractivity contribution in [2.24, 2.45) is 0 Å². The van der Waals surface area contributed by atoms with Gasteiger partial charge in [0.25, 0.3) is 0 Å². The van der Waals surface area contributed by atoms with Gasteiger partial charge in [-0.05, 0) is 27.8 Å². The first-order chi connectivity index (χ1) is 30.6. The zero-order chi connectivity index (χ0) is 44.8. The lowest BCUT2D eigenvalue weighted by atomic mass is 10.1. The maximum Gasteiger partial charge on any atom is 0.323 e. The number of carbonyl (C=O) groups is 6. The second-order valence-electron chi connectivity index (χ2n) is 14.9. The van der Waals surface area contributed by atoms with Crippen molar-refractivity contribution in [2.45, 2.75) is 32.7 Å². The van der Waals surface area contributed by atoms with Gasteiger partial charge in [0.1, 0.15) is 32.7 Å². The van der Waals surface area contributed by atoms with Crippen LogP contribution in [0.2, 0.25) is 0 Å². The van der Waals surface area contributed by atoms with E-state index < -0.39 is 55.8 Å². The summed E-state index contributed by atoms with van der Waals surface area (Å²) >= 11 is 0. The van der Waals surface area contributed by atoms with Crippen molar-refractivity contribution < 1.29 is 33.9 Å². The highest BCUT2D eigenvalue weighted by Crippen LogP contribution is 2.14. The lowest BCUT2D eigenvalue weighted by molar-refractivity contribution is -0.149. The van der Waals surface area contributed by atoms with Gasteiger partial charge < -0.3 is 29.6 Å². The Hall–Kier alpha value is -7.56. The molecular weight excluding hydrogens is 797 g/mol. The number of carboxylic acid groups (broad SMARTS) is 1. The number of benzene rings is 5. The van der Waals surface area contributed by atoms with Crippen LogP contribution in [-0.2, 0) is 61.5 Å². The molecule has 5 amide bonds. The summed E-state index contributed by atoms with van der Waals surface area (Å²) in [5, 5.41) is 12.6. The molecule has 13 heteroatoms. The fourth-order valence-electron chi connectivity index (χ4n) is 6.75. The summed E-state index contributed by atoms with van der Waals surface area (Å²) < 4.78 is 0. The molecule has 324 valence electrons. The second kappa shape index (κ2) is 24.6. The summed E-state index contributed by atoms with van der Waals surface area (Å²) in [5.74, 6) is -1.31. The minimum absolute atomic E-state index is 0.00448. The number of rotatable bonds is 23. The molecule has 0 aliphatic rings. The van der Waals surface area contributed by atoms with Gasteiger partial charge in [-0.25, -0.2) is 0 Å². The van der Waals surface area contributed by atoms with Gasteiger partial charge >= 0.3 is 5.97 Å². The Morgan fingerprint density at radius 3 is 0.873 bits per heavy atom. The maximum atomic E-state index is 14.6. The summed E-state index contributed by atoms with van der Waals surface area (Å²) in [4.78, 5) is 89.5. The molecule has 0 aromatic heterocycles. The zero-order valence-electron chi connectivity index (χ0n) is 35.1. The number of nitrogens with one attached hydrogen (secondary N) is 1. The first-order valence-corrected chi connectivity index (χ1v) is 20.5. The molecule has 0 atom stereocenters. The fraction of sp³-hybridized carbons (Fsp3) is 0.240. The Labute approximate surface area is 368 Å². The van der Waals surface area contributed by atoms with Crippen molar-refractivity contribution >= 4 is 35.5 Å². The van der Waals surface area contributed by atoms with E-state index in [0.717, 1.165) is 27.8 Å². The molecule has 5 aromatic rings. The van der Waals surface area contributed by atoms with Gasteiger partial charge in [-0.2, -0.15) is 0 Å². The average Bonchev–Trinajstić information content (AvgIpc) is 3.29. The van der Waals surface area contributed by atoms with E-state index in [4.69, 9.17) is 6.42 Å². The second-order valence-corrected chi connectivity index (χ2v) is 14.9. The number of hydrogen-bond acceptors (Lipinski definition) is 7. The minimum atomic E-state index is -1.21. The minimum Gasteiger partial charge on any atom is -0.480 e. The lowest BCUT2D eigenvalue weighted by Crippen LogP contribution is -2.50. The Bertz CT molecular complexity index is 2290. The molecule has 5 aromatic carbocycles. The average molecular weight is 849 g/mol. The molecule has 0 bridgehead atoms. The van der Waals surface area contributed by atoms with Gasteiger partial charge in [0.05, 0.1) is 13.1 Å². The molecule has 0 fully saturated rings. The number of carboxylic acids is 1. The van der Waals surface area contributed by atoms with Crippen molar-refractivity contribution in [2.75, 3.05) is 45.8 Å². The largest absolute Gasteiger partial charge is 0.480 e. The van der Waals surface area contributed by atoms with Gasteiger partial charge in [0.15, 0.2) is 0 Å². The molecule has 0 spiro atoms. The van der Waals surface area contributed by atoms with E-state index in [1.54, 1.807) is 48.5 Å². The molecule has 0 heterocycles. The van der Waals surface area contributed by atoms with Crippen LogP contribution in [0.4, 0.5) is 0 Å². The van der Waals surface area contributed by atoms with Crippen LogP contribution in [0.1, 0.15) is 27.8 Å². The van der Waals surface area contributed by atoms with Crippen LogP contribution in [0.5, 0.6) is 0 Å². The third kappa shape index (κ3) is 15.8. The van der Waals surface area contributed by atoms with Crippen molar-refractivity contribution in [3.05, 3.63) is 179 Å². The molecule has 0 saturated heterocycles. The summed E-state index contributed by atoms with van der Waals surface area (Å²) in [7, 11) is 0. The van der Waals surface area contributed by atoms with Crippen LogP contribution in [0.3, 0.4) is 0 Å². The Morgan fingerprint density at radius 1 is 0.397 bits per heavy atom. The van der Waals surface area contributed by atoms with Gasteiger partial charge in [-0.3, -0.25) is 34.1 Å². The highest BCUT2D eigenvalue weighted by Gasteiger charge is 2.29. The summed E-state index contributed by atoms with van der Waals surface area (Å²) in [5.41, 5.74) is 3.71. The van der Waals surface area contributed by atoms with E-state index in [2.05, 4.69) is 11.2 Å². The fourth-order valence-corrected chi connectivity index (χ4v) is 6.75. The molecule has 0 aliphatic carbocycles. The standard InChI is InChI=1S/C50H52N6O7/c1-2-28-51-29-45(57)52(30-40-18-8-3-9-19-40)35-46(58)53(31-41-20-10-4-11-21-41)36-47(59)54(32-42-22-12-5-13-23-42)37-48(60)55(33-43-24-14-6-15-25-43)38-49(61)56(39-50(62)63)34-44-26-16-7-17-27-44/h1,3-27,51H,28-39H2,(H,62,63). The molecule has 0 aliphatic heterocycles. The smallest absolute Gasteiger partial charge is 0.323 e. The number of terminal acetylenes is 1. The van der Waals surface area contributed by atoms with Gasteiger partial charge in [-0.1, -0.05) is 158 Å². The third-order valence-electron chi connectivity index (χ3n) is 9.98. The number of hydrogen-bond donors (Lipinski definition) is 2. The van der Waals surface area contributed by atoms with E-state index in [-0.39, 0.29) is 58.3 Å². The molecule has 2 N–H and O–H groups in total. The van der Waals surface area contributed by atoms with Gasteiger partial charge in [0, 0.05) is 32.7 Å². The predicted molar refractivity (Wildman–Crippen MR) is 239 cm³/mol. The number of amides is 5. The van der Waals surface area contributed by atoms with Crippen LogP contribution >= 0.6 is 0 Å². The van der Waals surface area contributed by atoms with Crippen LogP contribution in [0.15, 0.2) is 152 Å². The first-order valence-electron chi connectivity index (χ1n) is 20.5. The molecular formula is C50H52N6O7. The van der Waals surface area contributed by atoms with Crippen molar-refractivity contribution in [1.82, 2.24) is 29.8 Å². The molecule has 0 unspecified atom stereocenters. The molecule has 0 radical (unpaired) electrons. The number of nitrogens with zero attached hydrogens (tertiary/aromatic N) is 5. The summed E-state index contributed by atoms with van der Waals surface area (Å²) in [6.45, 7) is -2.02. The zero-order valence-corrected chi connectivity index (χ0v) is 35.1. The van der Waals surface area contributed by atoms with Crippen molar-refractivity contribution in [1.29, 1.82) is 0 Å². The first kappa shape index (κ1) is 46.5. The summed E-state index contributed by atoms with van der Waals surface area (Å²) in [6.07, 6.45) is 5.39. The Balaban J connectivity index is 1.42. The topological polar surface area (TPSA) is 151 Å². The SMILES string of the molecule is C#CCNCC(=O)N(CC(=O)N(CC(=O)N(CC(=O)N(CC(=O)N(CC(=O)O)Cc1ccccc1)Cc1ccccc1)Cc1ccccc1)Cc1ccccc1)Cc1ccccc1. The number of aliphatic carboxylic acids is 1. The van der Waals surface area contributed by atoms with Crippen LogP contribution in [-0.4, -0.2) is 111 Å². The van der Waals surface area contributed by atoms with Crippen molar-refractivity contribution in [3.8, 4) is 12.3 Å². The highest BCUT2D eigenvalue weighted by atomic mass is 16.4. The number of carbonyl (C=O) groups excluding carboxylic acids is 5. The van der Waals surface area contributed by atoms with Crippen LogP contribution < -0.4 is 5.32 Å². The molecule has 0 saturated carbocycles. The van der Waals surface area contributed by atoms with E-state index >= 15 is 0 Å². The molecule has 63 heavy (non-hydrogen) atoms. The Morgan fingerprint density at radius 2 is 0.635 bits per heavy atom. The molecule has 5 rings (SSSR count). The molecule has 13 nitrogen and oxygen atoms in total. The van der Waals surface area contributed by atoms with Crippen LogP contribution in [0, 0.1) is 12.3 Å². The van der Waals surface area contributed by atoms with E-state index in [0.29, 0.717) is 0 Å². The third-order valence-corrected chi connectivity index (χ3v) is 9.98. The monoisotopic (exact) mass is 848 g/mol. The highest BCUT2D eigenvalue weighted by molar-refractivity contribution is 5.92. The van der Waals surface area contributed by atoms with E-state index in [9.17, 15) is 33.9 Å². The summed E-state index contributed by atoms with van der Waals surface area (Å²) in [6, 6.07) is 45.5. The Kier molecular flexibility index (Phi) is 18.2. The maximum absolute atomic E-state index is 14.6. The van der Waals surface area contributed by atoms with Gasteiger partial charge in [0.2, 0.25) is 29.5 Å². The van der Waals surface area contributed by atoms with Gasteiger partial charge in [-0.15, -0.1) is 6.42 Å². The lowest BCUT2D eigenvalue weighted by Gasteiger charge is -2.32. The van der Waals surface area contributed by atoms with Crippen molar-refractivity contribution in [3.63, 3.8) is 0 Å².